The minimum absolute atomic E-state index is 0.305. The van der Waals surface area contributed by atoms with E-state index in [2.05, 4.69) is 42.0 Å². The summed E-state index contributed by atoms with van der Waals surface area (Å²) in [6.07, 6.45) is 0. The van der Waals surface area contributed by atoms with Gasteiger partial charge in [0.1, 0.15) is 0 Å². The van der Waals surface area contributed by atoms with E-state index in [1.54, 1.807) is 0 Å². The van der Waals surface area contributed by atoms with Crippen molar-refractivity contribution in [3.8, 4) is 0 Å². The van der Waals surface area contributed by atoms with Crippen LogP contribution >= 0.6 is 15.9 Å². The van der Waals surface area contributed by atoms with Crippen molar-refractivity contribution in [1.82, 2.24) is 5.32 Å². The van der Waals surface area contributed by atoms with Crippen LogP contribution in [0.4, 0.5) is 0 Å². The molecule has 1 aromatic rings. The summed E-state index contributed by atoms with van der Waals surface area (Å²) in [6.45, 7) is 7.31. The zero-order valence-corrected chi connectivity index (χ0v) is 13.0. The van der Waals surface area contributed by atoms with E-state index >= 15 is 0 Å². The van der Waals surface area contributed by atoms with Gasteiger partial charge in [-0.1, -0.05) is 42.8 Å². The van der Waals surface area contributed by atoms with Crippen molar-refractivity contribution in [1.29, 1.82) is 0 Å². The van der Waals surface area contributed by atoms with E-state index in [0.717, 1.165) is 15.9 Å². The second-order valence-corrected chi connectivity index (χ2v) is 6.79. The molecule has 0 aromatic heterocycles. The summed E-state index contributed by atoms with van der Waals surface area (Å²) in [4.78, 5) is 0.892. The van der Waals surface area contributed by atoms with Gasteiger partial charge in [0.2, 0.25) is 0 Å². The Morgan fingerprint density at radius 1 is 1.41 bits per heavy atom. The highest BCUT2D eigenvalue weighted by Crippen LogP contribution is 2.16. The van der Waals surface area contributed by atoms with Crippen LogP contribution < -0.4 is 5.32 Å². The van der Waals surface area contributed by atoms with E-state index in [-0.39, 0.29) is 0 Å². The molecule has 0 fully saturated rings. The minimum atomic E-state index is -0.938. The first-order chi connectivity index (χ1) is 8.04. The molecule has 4 heteroatoms. The van der Waals surface area contributed by atoms with Crippen molar-refractivity contribution in [2.24, 2.45) is 5.92 Å². The first-order valence-corrected chi connectivity index (χ1v) is 8.03. The number of hydrogen-bond donors (Lipinski definition) is 1. The molecule has 0 saturated heterocycles. The van der Waals surface area contributed by atoms with E-state index in [9.17, 15) is 4.21 Å². The fourth-order valence-corrected chi connectivity index (χ4v) is 3.68. The van der Waals surface area contributed by atoms with E-state index in [1.165, 1.54) is 0 Å². The Morgan fingerprint density at radius 3 is 2.65 bits per heavy atom. The van der Waals surface area contributed by atoms with Crippen molar-refractivity contribution in [3.63, 3.8) is 0 Å². The van der Waals surface area contributed by atoms with Gasteiger partial charge >= 0.3 is 0 Å². The molecule has 2 unspecified atom stereocenters. The second kappa shape index (κ2) is 7.29. The molecule has 0 bridgehead atoms. The molecular formula is C13H20BrNOS. The zero-order chi connectivity index (χ0) is 12.8. The van der Waals surface area contributed by atoms with Crippen LogP contribution in [0.1, 0.15) is 20.8 Å². The van der Waals surface area contributed by atoms with Gasteiger partial charge in [0.05, 0.1) is 10.8 Å². The fourth-order valence-electron chi connectivity index (χ4n) is 1.62. The van der Waals surface area contributed by atoms with Gasteiger partial charge in [0.15, 0.2) is 0 Å². The molecule has 17 heavy (non-hydrogen) atoms. The Bertz CT molecular complexity index is 381. The number of nitrogens with one attached hydrogen (secondary N) is 1. The van der Waals surface area contributed by atoms with Crippen molar-refractivity contribution < 1.29 is 4.21 Å². The molecule has 0 aliphatic rings. The quantitative estimate of drug-likeness (QED) is 0.873. The first-order valence-electron chi connectivity index (χ1n) is 5.92. The Morgan fingerprint density at radius 2 is 2.12 bits per heavy atom. The highest BCUT2D eigenvalue weighted by molar-refractivity contribution is 9.10. The van der Waals surface area contributed by atoms with Crippen molar-refractivity contribution >= 4 is 26.7 Å². The third-order valence-electron chi connectivity index (χ3n) is 2.66. The molecule has 0 saturated carbocycles. The molecule has 0 radical (unpaired) electrons. The minimum Gasteiger partial charge on any atom is -0.313 e. The predicted molar refractivity (Wildman–Crippen MR) is 77.7 cm³/mol. The highest BCUT2D eigenvalue weighted by Gasteiger charge is 2.16. The average molecular weight is 318 g/mol. The fraction of sp³-hybridized carbons (Fsp3) is 0.538. The molecule has 0 aliphatic carbocycles. The maximum absolute atomic E-state index is 12.2. The summed E-state index contributed by atoms with van der Waals surface area (Å²) in [6, 6.07) is 8.03. The van der Waals surface area contributed by atoms with Crippen LogP contribution in [0.3, 0.4) is 0 Å². The summed E-state index contributed by atoms with van der Waals surface area (Å²) in [5, 5.41) is 3.39. The highest BCUT2D eigenvalue weighted by atomic mass is 79.9. The second-order valence-electron chi connectivity index (χ2n) is 4.38. The first kappa shape index (κ1) is 14.9. The summed E-state index contributed by atoms with van der Waals surface area (Å²) < 4.78 is 13.2. The molecule has 2 nitrogen and oxygen atoms in total. The van der Waals surface area contributed by atoms with Crippen molar-refractivity contribution in [2.75, 3.05) is 12.3 Å². The third kappa shape index (κ3) is 4.90. The Hall–Kier alpha value is -0.190. The number of halogens is 1. The summed E-state index contributed by atoms with van der Waals surface area (Å²) in [7, 11) is -0.938. The van der Waals surface area contributed by atoms with Gasteiger partial charge in [-0.3, -0.25) is 4.21 Å². The van der Waals surface area contributed by atoms with Crippen molar-refractivity contribution in [3.05, 3.63) is 28.7 Å². The van der Waals surface area contributed by atoms with E-state index in [1.807, 2.05) is 24.3 Å². The number of benzene rings is 1. The Kier molecular flexibility index (Phi) is 6.38. The molecule has 0 heterocycles. The molecule has 0 aliphatic heterocycles. The lowest BCUT2D eigenvalue weighted by atomic mass is 10.1. The number of hydrogen-bond acceptors (Lipinski definition) is 2. The molecule has 2 atom stereocenters. The Labute approximate surface area is 115 Å². The van der Waals surface area contributed by atoms with Crippen LogP contribution in [-0.2, 0) is 10.8 Å². The summed E-state index contributed by atoms with van der Waals surface area (Å²) in [5.74, 6) is 1.16. The van der Waals surface area contributed by atoms with Crippen LogP contribution in [-0.4, -0.2) is 22.5 Å². The molecule has 0 amide bonds. The maximum atomic E-state index is 12.2. The molecular weight excluding hydrogens is 298 g/mol. The lowest BCUT2D eigenvalue weighted by Crippen LogP contribution is -2.38. The largest absolute Gasteiger partial charge is 0.313 e. The van der Waals surface area contributed by atoms with Gasteiger partial charge < -0.3 is 5.32 Å². The van der Waals surface area contributed by atoms with Crippen LogP contribution in [0.25, 0.3) is 0 Å². The molecule has 0 spiro atoms. The monoisotopic (exact) mass is 317 g/mol. The molecule has 1 N–H and O–H groups in total. The average Bonchev–Trinajstić information content (AvgIpc) is 2.28. The topological polar surface area (TPSA) is 29.1 Å². The summed E-state index contributed by atoms with van der Waals surface area (Å²) >= 11 is 3.41. The molecule has 1 rings (SSSR count). The van der Waals surface area contributed by atoms with E-state index in [4.69, 9.17) is 0 Å². The van der Waals surface area contributed by atoms with Crippen LogP contribution in [0.15, 0.2) is 33.6 Å². The van der Waals surface area contributed by atoms with Crippen LogP contribution in [0.5, 0.6) is 0 Å². The normalized spacial score (nSPS) is 14.9. The molecule has 1 aromatic carbocycles. The number of rotatable bonds is 6. The van der Waals surface area contributed by atoms with Gasteiger partial charge in [-0.05, 0) is 30.7 Å². The SMILES string of the molecule is CCNC(CS(=O)c1cccc(Br)c1)C(C)C. The van der Waals surface area contributed by atoms with Crippen molar-refractivity contribution in [2.45, 2.75) is 31.7 Å². The van der Waals surface area contributed by atoms with E-state index in [0.29, 0.717) is 17.7 Å². The Balaban J connectivity index is 2.70. The van der Waals surface area contributed by atoms with Crippen LogP contribution in [0.2, 0.25) is 0 Å². The third-order valence-corrected chi connectivity index (χ3v) is 4.60. The maximum Gasteiger partial charge on any atom is 0.0545 e. The lowest BCUT2D eigenvalue weighted by Gasteiger charge is -2.21. The van der Waals surface area contributed by atoms with E-state index < -0.39 is 10.8 Å². The lowest BCUT2D eigenvalue weighted by molar-refractivity contribution is 0.440. The summed E-state index contributed by atoms with van der Waals surface area (Å²) in [5.41, 5.74) is 0. The predicted octanol–water partition coefficient (Wildman–Crippen LogP) is 3.19. The standard InChI is InChI=1S/C13H20BrNOS/c1-4-15-13(10(2)3)9-17(16)12-7-5-6-11(14)8-12/h5-8,10,13,15H,4,9H2,1-3H3. The smallest absolute Gasteiger partial charge is 0.0545 e. The van der Waals surface area contributed by atoms with Crippen LogP contribution in [0, 0.1) is 5.92 Å². The van der Waals surface area contributed by atoms with Gasteiger partial charge in [-0.15, -0.1) is 0 Å². The van der Waals surface area contributed by atoms with Gasteiger partial charge in [-0.25, -0.2) is 0 Å². The van der Waals surface area contributed by atoms with Gasteiger partial charge in [0, 0.05) is 21.2 Å². The molecule has 96 valence electrons. The van der Waals surface area contributed by atoms with Gasteiger partial charge in [0.25, 0.3) is 0 Å². The van der Waals surface area contributed by atoms with Gasteiger partial charge in [-0.2, -0.15) is 0 Å². The zero-order valence-electron chi connectivity index (χ0n) is 10.6.